The molecule has 0 bridgehead atoms. The van der Waals surface area contributed by atoms with Crippen molar-refractivity contribution < 1.29 is 18.8 Å². The highest BCUT2D eigenvalue weighted by atomic mass is 35.5. The first-order valence-electron chi connectivity index (χ1n) is 7.77. The highest BCUT2D eigenvalue weighted by Crippen LogP contribution is 2.44. The largest absolute Gasteiger partial charge is 0.300 e. The summed E-state index contributed by atoms with van der Waals surface area (Å²) in [7, 11) is 0. The molecular formula is C17H6Cl4FN3O3S. The average molecular weight is 493 g/mol. The number of halogens is 5. The molecule has 3 amide bonds. The lowest BCUT2D eigenvalue weighted by Gasteiger charge is -2.12. The van der Waals surface area contributed by atoms with Crippen LogP contribution in [0.5, 0.6) is 0 Å². The van der Waals surface area contributed by atoms with Crippen LogP contribution in [0.2, 0.25) is 20.1 Å². The predicted octanol–water partition coefficient (Wildman–Crippen LogP) is 5.28. The Labute approximate surface area is 186 Å². The Morgan fingerprint density at radius 2 is 1.62 bits per heavy atom. The summed E-state index contributed by atoms with van der Waals surface area (Å²) in [6.07, 6.45) is 0. The fourth-order valence-electron chi connectivity index (χ4n) is 2.79. The molecule has 3 aromatic rings. The number of carbonyl (C=O) groups is 3. The number of rotatable bonds is 3. The van der Waals surface area contributed by atoms with E-state index in [4.69, 9.17) is 46.4 Å². The van der Waals surface area contributed by atoms with Gasteiger partial charge in [-0.15, -0.1) is 0 Å². The summed E-state index contributed by atoms with van der Waals surface area (Å²) < 4.78 is 13.8. The molecule has 1 N–H and O–H groups in total. The third kappa shape index (κ3) is 3.35. The molecular weight excluding hydrogens is 487 g/mol. The van der Waals surface area contributed by atoms with Crippen LogP contribution in [-0.2, 0) is 4.79 Å². The van der Waals surface area contributed by atoms with E-state index in [2.05, 4.69) is 10.3 Å². The van der Waals surface area contributed by atoms with Crippen molar-refractivity contribution in [3.05, 3.63) is 55.2 Å². The van der Waals surface area contributed by atoms with Gasteiger partial charge in [0, 0.05) is 0 Å². The second kappa shape index (κ2) is 7.37. The highest BCUT2D eigenvalue weighted by molar-refractivity contribution is 7.22. The van der Waals surface area contributed by atoms with E-state index in [1.165, 1.54) is 18.2 Å². The lowest BCUT2D eigenvalue weighted by Crippen LogP contribution is -2.37. The number of benzene rings is 2. The van der Waals surface area contributed by atoms with E-state index < -0.39 is 30.1 Å². The van der Waals surface area contributed by atoms with E-state index in [9.17, 15) is 18.8 Å². The van der Waals surface area contributed by atoms with Crippen LogP contribution in [0, 0.1) is 5.82 Å². The lowest BCUT2D eigenvalue weighted by atomic mass is 10.1. The first-order valence-corrected chi connectivity index (χ1v) is 10.1. The third-order valence-electron chi connectivity index (χ3n) is 4.08. The van der Waals surface area contributed by atoms with Gasteiger partial charge in [-0.3, -0.25) is 19.3 Å². The van der Waals surface area contributed by atoms with Gasteiger partial charge in [-0.2, -0.15) is 0 Å². The topological polar surface area (TPSA) is 79.4 Å². The number of thiazole rings is 1. The van der Waals surface area contributed by atoms with Gasteiger partial charge in [-0.25, -0.2) is 9.37 Å². The summed E-state index contributed by atoms with van der Waals surface area (Å²) in [4.78, 5) is 42.5. The molecule has 0 fully saturated rings. The summed E-state index contributed by atoms with van der Waals surface area (Å²) in [5, 5.41) is 1.91. The van der Waals surface area contributed by atoms with Crippen molar-refractivity contribution in [1.82, 2.24) is 9.88 Å². The zero-order valence-corrected chi connectivity index (χ0v) is 17.7. The molecule has 0 saturated heterocycles. The number of nitrogens with one attached hydrogen (secondary N) is 1. The van der Waals surface area contributed by atoms with Crippen molar-refractivity contribution in [2.24, 2.45) is 0 Å². The number of anilines is 1. The van der Waals surface area contributed by atoms with Crippen LogP contribution >= 0.6 is 57.7 Å². The van der Waals surface area contributed by atoms with Gasteiger partial charge < -0.3 is 5.32 Å². The van der Waals surface area contributed by atoms with Crippen molar-refractivity contribution in [3.8, 4) is 0 Å². The highest BCUT2D eigenvalue weighted by Gasteiger charge is 2.42. The molecule has 148 valence electrons. The Bertz CT molecular complexity index is 1200. The SMILES string of the molecule is O=C(CN1C(=O)c2c(Cl)c(Cl)c(Cl)c(Cl)c2C1=O)Nc1nc2ccc(F)cc2s1. The second-order valence-electron chi connectivity index (χ2n) is 5.88. The summed E-state index contributed by atoms with van der Waals surface area (Å²) in [5.41, 5.74) is 0.0777. The third-order valence-corrected chi connectivity index (χ3v) is 6.82. The van der Waals surface area contributed by atoms with Crippen LogP contribution in [0.25, 0.3) is 10.2 Å². The van der Waals surface area contributed by atoms with Gasteiger partial charge in [0.2, 0.25) is 5.91 Å². The number of hydrogen-bond donors (Lipinski definition) is 1. The van der Waals surface area contributed by atoms with Crippen LogP contribution < -0.4 is 5.32 Å². The first kappa shape index (κ1) is 20.3. The van der Waals surface area contributed by atoms with Crippen LogP contribution in [0.1, 0.15) is 20.7 Å². The molecule has 2 aromatic carbocycles. The van der Waals surface area contributed by atoms with Crippen molar-refractivity contribution in [3.63, 3.8) is 0 Å². The summed E-state index contributed by atoms with van der Waals surface area (Å²) in [6.45, 7) is -0.613. The van der Waals surface area contributed by atoms with Crippen molar-refractivity contribution in [1.29, 1.82) is 0 Å². The average Bonchev–Trinajstić information content (AvgIpc) is 3.17. The van der Waals surface area contributed by atoms with Crippen molar-refractivity contribution in [2.75, 3.05) is 11.9 Å². The van der Waals surface area contributed by atoms with Gasteiger partial charge >= 0.3 is 0 Å². The number of amides is 3. The van der Waals surface area contributed by atoms with E-state index in [0.29, 0.717) is 15.1 Å². The van der Waals surface area contributed by atoms with Gasteiger partial charge in [0.25, 0.3) is 11.8 Å². The molecule has 0 aliphatic carbocycles. The molecule has 12 heteroatoms. The van der Waals surface area contributed by atoms with E-state index in [-0.39, 0.29) is 36.3 Å². The van der Waals surface area contributed by atoms with Crippen LogP contribution in [0.3, 0.4) is 0 Å². The molecule has 6 nitrogen and oxygen atoms in total. The number of nitrogens with zero attached hydrogens (tertiary/aromatic N) is 2. The molecule has 1 aliphatic rings. The van der Waals surface area contributed by atoms with Gasteiger partial charge in [0.15, 0.2) is 5.13 Å². The molecule has 0 spiro atoms. The molecule has 0 radical (unpaired) electrons. The van der Waals surface area contributed by atoms with E-state index >= 15 is 0 Å². The Kier molecular flexibility index (Phi) is 5.16. The summed E-state index contributed by atoms with van der Waals surface area (Å²) in [5.74, 6) is -2.77. The van der Waals surface area contributed by atoms with Gasteiger partial charge in [-0.1, -0.05) is 57.7 Å². The fraction of sp³-hybridized carbons (Fsp3) is 0.0588. The van der Waals surface area contributed by atoms with Gasteiger partial charge in [0.1, 0.15) is 12.4 Å². The van der Waals surface area contributed by atoms with Crippen molar-refractivity contribution >= 4 is 90.8 Å². The molecule has 1 aromatic heterocycles. The minimum atomic E-state index is -0.822. The van der Waals surface area contributed by atoms with E-state index in [0.717, 1.165) is 11.3 Å². The maximum Gasteiger partial charge on any atom is 0.263 e. The Morgan fingerprint density at radius 1 is 1.03 bits per heavy atom. The number of hydrogen-bond acceptors (Lipinski definition) is 5. The number of imide groups is 1. The summed E-state index contributed by atoms with van der Waals surface area (Å²) >= 11 is 25.0. The first-order chi connectivity index (χ1) is 13.7. The van der Waals surface area contributed by atoms with Gasteiger partial charge in [0.05, 0.1) is 41.4 Å². The molecule has 0 unspecified atom stereocenters. The summed E-state index contributed by atoms with van der Waals surface area (Å²) in [6, 6.07) is 4.00. The molecule has 0 atom stereocenters. The molecule has 4 rings (SSSR count). The van der Waals surface area contributed by atoms with Crippen LogP contribution in [0.15, 0.2) is 18.2 Å². The molecule has 0 saturated carbocycles. The molecule has 1 aliphatic heterocycles. The molecule has 2 heterocycles. The Balaban J connectivity index is 1.58. The van der Waals surface area contributed by atoms with Crippen LogP contribution in [0.4, 0.5) is 9.52 Å². The quantitative estimate of drug-likeness (QED) is 0.306. The standard InChI is InChI=1S/C17H6Cl4FN3O3S/c18-11-9-10(12(19)14(21)13(11)20)16(28)25(15(9)27)4-8(26)24-17-23-6-2-1-5(22)3-7(6)29-17/h1-3H,4H2,(H,23,24,26). The molecule has 29 heavy (non-hydrogen) atoms. The maximum atomic E-state index is 13.3. The minimum absolute atomic E-state index is 0.161. The van der Waals surface area contributed by atoms with E-state index in [1.54, 1.807) is 0 Å². The van der Waals surface area contributed by atoms with E-state index in [1.807, 2.05) is 0 Å². The van der Waals surface area contributed by atoms with Crippen molar-refractivity contribution in [2.45, 2.75) is 0 Å². The fourth-order valence-corrected chi connectivity index (χ4v) is 4.71. The number of fused-ring (bicyclic) bond motifs is 2. The second-order valence-corrected chi connectivity index (χ2v) is 8.42. The number of aromatic nitrogens is 1. The maximum absolute atomic E-state index is 13.3. The monoisotopic (exact) mass is 491 g/mol. The minimum Gasteiger partial charge on any atom is -0.300 e. The normalized spacial score (nSPS) is 13.3. The zero-order chi connectivity index (χ0) is 21.0. The smallest absolute Gasteiger partial charge is 0.263 e. The van der Waals surface area contributed by atoms with Gasteiger partial charge in [-0.05, 0) is 18.2 Å². The Morgan fingerprint density at radius 3 is 2.21 bits per heavy atom. The predicted molar refractivity (Wildman–Crippen MR) is 110 cm³/mol. The van der Waals surface area contributed by atoms with Crippen LogP contribution in [-0.4, -0.2) is 34.2 Å². The zero-order valence-electron chi connectivity index (χ0n) is 13.9. The Hall–Kier alpha value is -1.97. The number of carbonyl (C=O) groups excluding carboxylic acids is 3. The lowest BCUT2D eigenvalue weighted by molar-refractivity contribution is -0.116.